The van der Waals surface area contributed by atoms with Crippen molar-refractivity contribution < 1.29 is 9.47 Å². The maximum atomic E-state index is 6.07. The molecule has 0 amide bonds. The van der Waals surface area contributed by atoms with Crippen LogP contribution in [0, 0.1) is 5.92 Å². The average Bonchev–Trinajstić information content (AvgIpc) is 3.05. The van der Waals surface area contributed by atoms with Gasteiger partial charge < -0.3 is 9.47 Å². The average molecular weight is 304 g/mol. The van der Waals surface area contributed by atoms with E-state index in [0.717, 1.165) is 23.7 Å². The normalized spacial score (nSPS) is 12.1. The first-order valence-electron chi connectivity index (χ1n) is 7.59. The second kappa shape index (κ2) is 8.08. The highest BCUT2D eigenvalue weighted by molar-refractivity contribution is 7.13. The topological polar surface area (TPSA) is 18.5 Å². The Morgan fingerprint density at radius 3 is 2.76 bits per heavy atom. The number of ether oxygens (including phenoxy) is 2. The van der Waals surface area contributed by atoms with Crippen LogP contribution < -0.4 is 9.47 Å². The van der Waals surface area contributed by atoms with Crippen molar-refractivity contribution in [2.75, 3.05) is 13.7 Å². The molecule has 1 unspecified atom stereocenters. The molecule has 0 aliphatic heterocycles. The van der Waals surface area contributed by atoms with Gasteiger partial charge in [0.2, 0.25) is 0 Å². The van der Waals surface area contributed by atoms with Crippen LogP contribution in [0.3, 0.4) is 0 Å². The van der Waals surface area contributed by atoms with Crippen LogP contribution in [0.2, 0.25) is 0 Å². The van der Waals surface area contributed by atoms with Crippen molar-refractivity contribution >= 4 is 11.3 Å². The van der Waals surface area contributed by atoms with Crippen LogP contribution in [0.25, 0.3) is 10.4 Å². The maximum Gasteiger partial charge on any atom is 0.128 e. The summed E-state index contributed by atoms with van der Waals surface area (Å²) >= 11 is 1.72. The van der Waals surface area contributed by atoms with Crippen molar-refractivity contribution in [1.82, 2.24) is 0 Å². The van der Waals surface area contributed by atoms with Gasteiger partial charge >= 0.3 is 0 Å². The summed E-state index contributed by atoms with van der Waals surface area (Å²) < 4.78 is 11.4. The summed E-state index contributed by atoms with van der Waals surface area (Å²) in [6.07, 6.45) is 3.74. The SMILES string of the molecule is CCCCC(C)COc1ccc(OC)cc1-c1cccs1. The van der Waals surface area contributed by atoms with Crippen molar-refractivity contribution in [1.29, 1.82) is 0 Å². The van der Waals surface area contributed by atoms with Gasteiger partial charge in [0, 0.05) is 10.4 Å². The predicted molar refractivity (Wildman–Crippen MR) is 90.5 cm³/mol. The van der Waals surface area contributed by atoms with E-state index in [4.69, 9.17) is 9.47 Å². The number of thiophene rings is 1. The number of hydrogen-bond donors (Lipinski definition) is 0. The number of rotatable bonds is 8. The third-order valence-electron chi connectivity index (χ3n) is 3.55. The van der Waals surface area contributed by atoms with E-state index in [-0.39, 0.29) is 0 Å². The van der Waals surface area contributed by atoms with Gasteiger partial charge in [-0.1, -0.05) is 32.8 Å². The fourth-order valence-corrected chi connectivity index (χ4v) is 3.00. The molecular weight excluding hydrogens is 280 g/mol. The molecule has 2 aromatic rings. The highest BCUT2D eigenvalue weighted by Gasteiger charge is 2.11. The molecule has 3 heteroatoms. The van der Waals surface area contributed by atoms with Crippen molar-refractivity contribution in [2.45, 2.75) is 33.1 Å². The number of benzene rings is 1. The molecule has 1 aromatic carbocycles. The lowest BCUT2D eigenvalue weighted by molar-refractivity contribution is 0.250. The largest absolute Gasteiger partial charge is 0.497 e. The molecule has 2 rings (SSSR count). The van der Waals surface area contributed by atoms with Crippen LogP contribution >= 0.6 is 11.3 Å². The van der Waals surface area contributed by atoms with Crippen LogP contribution in [0.1, 0.15) is 33.1 Å². The lowest BCUT2D eigenvalue weighted by Crippen LogP contribution is -2.09. The predicted octanol–water partition coefficient (Wildman–Crippen LogP) is 5.63. The zero-order valence-corrected chi connectivity index (χ0v) is 13.9. The summed E-state index contributed by atoms with van der Waals surface area (Å²) in [6.45, 7) is 5.25. The minimum Gasteiger partial charge on any atom is -0.497 e. The van der Waals surface area contributed by atoms with E-state index in [1.54, 1.807) is 18.4 Å². The Balaban J connectivity index is 2.11. The summed E-state index contributed by atoms with van der Waals surface area (Å²) in [5.74, 6) is 2.40. The molecule has 0 bridgehead atoms. The lowest BCUT2D eigenvalue weighted by Gasteiger charge is -2.15. The Morgan fingerprint density at radius 1 is 1.24 bits per heavy atom. The molecule has 21 heavy (non-hydrogen) atoms. The third kappa shape index (κ3) is 4.50. The molecule has 0 aliphatic rings. The van der Waals surface area contributed by atoms with Crippen LogP contribution in [0.4, 0.5) is 0 Å². The third-order valence-corrected chi connectivity index (χ3v) is 4.45. The van der Waals surface area contributed by atoms with Gasteiger partial charge in [0.25, 0.3) is 0 Å². The Labute approximate surface area is 131 Å². The molecule has 0 aliphatic carbocycles. The van der Waals surface area contributed by atoms with Crippen LogP contribution in [0.5, 0.6) is 11.5 Å². The molecule has 0 N–H and O–H groups in total. The second-order valence-electron chi connectivity index (χ2n) is 5.40. The fraction of sp³-hybridized carbons (Fsp3) is 0.444. The van der Waals surface area contributed by atoms with Gasteiger partial charge in [-0.2, -0.15) is 0 Å². The van der Waals surface area contributed by atoms with Crippen LogP contribution in [-0.2, 0) is 0 Å². The monoisotopic (exact) mass is 304 g/mol. The molecular formula is C18H24O2S. The summed E-state index contributed by atoms with van der Waals surface area (Å²) in [5.41, 5.74) is 1.12. The van der Waals surface area contributed by atoms with E-state index < -0.39 is 0 Å². The maximum absolute atomic E-state index is 6.07. The van der Waals surface area contributed by atoms with Crippen molar-refractivity contribution in [3.8, 4) is 21.9 Å². The van der Waals surface area contributed by atoms with Gasteiger partial charge in [-0.25, -0.2) is 0 Å². The molecule has 0 spiro atoms. The second-order valence-corrected chi connectivity index (χ2v) is 6.35. The molecule has 0 fully saturated rings. The van der Waals surface area contributed by atoms with Gasteiger partial charge in [0.05, 0.1) is 13.7 Å². The minimum atomic E-state index is 0.586. The van der Waals surface area contributed by atoms with E-state index in [1.165, 1.54) is 24.1 Å². The van der Waals surface area contributed by atoms with Gasteiger partial charge in [0.15, 0.2) is 0 Å². The number of methoxy groups -OCH3 is 1. The van der Waals surface area contributed by atoms with E-state index in [1.807, 2.05) is 12.1 Å². The van der Waals surface area contributed by atoms with Gasteiger partial charge in [-0.05, 0) is 42.0 Å². The lowest BCUT2D eigenvalue weighted by atomic mass is 10.1. The smallest absolute Gasteiger partial charge is 0.128 e. The standard InChI is InChI=1S/C18H24O2S/c1-4-5-7-14(2)13-20-17-10-9-15(19-3)12-16(17)18-8-6-11-21-18/h6,8-12,14H,4-5,7,13H2,1-3H3. The molecule has 1 atom stereocenters. The summed E-state index contributed by atoms with van der Waals surface area (Å²) in [4.78, 5) is 1.21. The Hall–Kier alpha value is -1.48. The first-order chi connectivity index (χ1) is 10.2. The highest BCUT2D eigenvalue weighted by Crippen LogP contribution is 2.36. The number of unbranched alkanes of at least 4 members (excludes halogenated alkanes) is 1. The van der Waals surface area contributed by atoms with Gasteiger partial charge in [-0.15, -0.1) is 11.3 Å². The fourth-order valence-electron chi connectivity index (χ4n) is 2.25. The van der Waals surface area contributed by atoms with Crippen molar-refractivity contribution in [2.24, 2.45) is 5.92 Å². The molecule has 114 valence electrons. The van der Waals surface area contributed by atoms with E-state index in [0.29, 0.717) is 5.92 Å². The van der Waals surface area contributed by atoms with E-state index in [2.05, 4.69) is 37.4 Å². The molecule has 1 aromatic heterocycles. The summed E-state index contributed by atoms with van der Waals surface area (Å²) in [6, 6.07) is 10.2. The molecule has 0 radical (unpaired) electrons. The van der Waals surface area contributed by atoms with Crippen LogP contribution in [0.15, 0.2) is 35.7 Å². The molecule has 1 heterocycles. The zero-order chi connectivity index (χ0) is 15.1. The first-order valence-corrected chi connectivity index (χ1v) is 8.47. The summed E-state index contributed by atoms with van der Waals surface area (Å²) in [5, 5.41) is 2.09. The van der Waals surface area contributed by atoms with Gasteiger partial charge in [-0.3, -0.25) is 0 Å². The van der Waals surface area contributed by atoms with Crippen LogP contribution in [-0.4, -0.2) is 13.7 Å². The summed E-state index contributed by atoms with van der Waals surface area (Å²) in [7, 11) is 1.70. The Bertz CT molecular complexity index is 534. The Morgan fingerprint density at radius 2 is 2.10 bits per heavy atom. The van der Waals surface area contributed by atoms with E-state index >= 15 is 0 Å². The van der Waals surface area contributed by atoms with Crippen molar-refractivity contribution in [3.05, 3.63) is 35.7 Å². The Kier molecular flexibility index (Phi) is 6.12. The van der Waals surface area contributed by atoms with Gasteiger partial charge in [0.1, 0.15) is 11.5 Å². The number of hydrogen-bond acceptors (Lipinski definition) is 3. The minimum absolute atomic E-state index is 0.586. The first kappa shape index (κ1) is 15.9. The quantitative estimate of drug-likeness (QED) is 0.629. The molecule has 2 nitrogen and oxygen atoms in total. The van der Waals surface area contributed by atoms with Crippen molar-refractivity contribution in [3.63, 3.8) is 0 Å². The molecule has 0 saturated heterocycles. The zero-order valence-electron chi connectivity index (χ0n) is 13.1. The van der Waals surface area contributed by atoms with E-state index in [9.17, 15) is 0 Å². The molecule has 0 saturated carbocycles. The highest BCUT2D eigenvalue weighted by atomic mass is 32.1.